The van der Waals surface area contributed by atoms with Crippen molar-refractivity contribution < 1.29 is 19.1 Å². The van der Waals surface area contributed by atoms with Crippen LogP contribution >= 0.6 is 11.3 Å². The monoisotopic (exact) mass is 481 g/mol. The van der Waals surface area contributed by atoms with E-state index >= 15 is 0 Å². The average molecular weight is 482 g/mol. The zero-order valence-electron chi connectivity index (χ0n) is 19.0. The van der Waals surface area contributed by atoms with E-state index in [1.807, 2.05) is 18.2 Å². The quantitative estimate of drug-likeness (QED) is 0.279. The minimum atomic E-state index is -0.970. The molecule has 8 heteroatoms. The number of thiazole rings is 1. The molecule has 0 saturated carbocycles. The fourth-order valence-electron chi connectivity index (χ4n) is 3.41. The number of nitrogens with one attached hydrogen (secondary N) is 2. The van der Waals surface area contributed by atoms with Crippen LogP contribution < -0.4 is 10.6 Å². The fourth-order valence-corrected chi connectivity index (χ4v) is 4.12. The van der Waals surface area contributed by atoms with Crippen molar-refractivity contribution in [3.05, 3.63) is 88.7 Å². The molecular formula is C26H28FN3O3S. The van der Waals surface area contributed by atoms with Gasteiger partial charge in [-0.25, -0.2) is 9.37 Å². The second kappa shape index (κ2) is 12.1. The topological polar surface area (TPSA) is 91.3 Å². The van der Waals surface area contributed by atoms with E-state index in [2.05, 4.69) is 29.1 Å². The number of benzene rings is 2. The zero-order chi connectivity index (χ0) is 24.5. The van der Waals surface area contributed by atoms with E-state index in [-0.39, 0.29) is 18.1 Å². The van der Waals surface area contributed by atoms with E-state index in [0.717, 1.165) is 36.1 Å². The molecule has 0 aliphatic rings. The molecule has 34 heavy (non-hydrogen) atoms. The number of aliphatic carboxylic acids is 1. The number of anilines is 2. The summed E-state index contributed by atoms with van der Waals surface area (Å²) in [5.74, 6) is -1.10. The molecule has 3 rings (SSSR count). The molecule has 0 saturated heterocycles. The van der Waals surface area contributed by atoms with Gasteiger partial charge in [0.1, 0.15) is 5.82 Å². The van der Waals surface area contributed by atoms with Crippen molar-refractivity contribution in [2.75, 3.05) is 10.6 Å². The molecule has 0 aliphatic heterocycles. The highest BCUT2D eigenvalue weighted by molar-refractivity contribution is 7.14. The summed E-state index contributed by atoms with van der Waals surface area (Å²) >= 11 is 1.19. The third-order valence-corrected chi connectivity index (χ3v) is 6.19. The van der Waals surface area contributed by atoms with Gasteiger partial charge in [0.05, 0.1) is 12.1 Å². The van der Waals surface area contributed by atoms with Gasteiger partial charge in [0.2, 0.25) is 0 Å². The standard InChI is InChI=1S/C26H28FN3O3S/c1-3-17(2)5-4-6-20-13-21(27)11-12-23(20)28-15-18-7-9-19(10-8-18)25(33)30-26-29-22(16-34-26)14-24(31)32/h3,7-13,16-17,28H,1,4-6,14-15H2,2H3,(H,31,32)(H,29,30,33). The Labute approximate surface area is 202 Å². The molecule has 1 amide bonds. The van der Waals surface area contributed by atoms with Gasteiger partial charge in [0.25, 0.3) is 5.91 Å². The number of carboxylic acid groups (broad SMARTS) is 1. The first kappa shape index (κ1) is 25.1. The summed E-state index contributed by atoms with van der Waals surface area (Å²) in [6.45, 7) is 6.47. The van der Waals surface area contributed by atoms with E-state index in [4.69, 9.17) is 5.11 Å². The first-order valence-electron chi connectivity index (χ1n) is 11.1. The van der Waals surface area contributed by atoms with Crippen molar-refractivity contribution in [1.82, 2.24) is 4.98 Å². The number of carboxylic acids is 1. The van der Waals surface area contributed by atoms with E-state index < -0.39 is 5.97 Å². The second-order valence-corrected chi connectivity index (χ2v) is 8.98. The van der Waals surface area contributed by atoms with E-state index in [9.17, 15) is 14.0 Å². The molecule has 178 valence electrons. The Morgan fingerprint density at radius 1 is 1.24 bits per heavy atom. The molecule has 6 nitrogen and oxygen atoms in total. The lowest BCUT2D eigenvalue weighted by Crippen LogP contribution is -2.12. The van der Waals surface area contributed by atoms with Crippen LogP contribution in [-0.4, -0.2) is 22.0 Å². The predicted octanol–water partition coefficient (Wildman–Crippen LogP) is 5.92. The first-order chi connectivity index (χ1) is 16.3. The van der Waals surface area contributed by atoms with Crippen LogP contribution in [0.2, 0.25) is 0 Å². The lowest BCUT2D eigenvalue weighted by atomic mass is 10.00. The van der Waals surface area contributed by atoms with Crippen LogP contribution in [0.3, 0.4) is 0 Å². The second-order valence-electron chi connectivity index (χ2n) is 8.13. The Hall–Kier alpha value is -3.52. The highest BCUT2D eigenvalue weighted by Gasteiger charge is 2.11. The van der Waals surface area contributed by atoms with Gasteiger partial charge in [0.15, 0.2) is 5.13 Å². The highest BCUT2D eigenvalue weighted by Crippen LogP contribution is 2.22. The summed E-state index contributed by atoms with van der Waals surface area (Å²) in [5.41, 5.74) is 3.70. The number of rotatable bonds is 12. The largest absolute Gasteiger partial charge is 0.481 e. The van der Waals surface area contributed by atoms with Crippen molar-refractivity contribution in [2.45, 2.75) is 39.2 Å². The van der Waals surface area contributed by atoms with Gasteiger partial charge in [-0.15, -0.1) is 17.9 Å². The summed E-state index contributed by atoms with van der Waals surface area (Å²) in [5, 5.41) is 16.9. The van der Waals surface area contributed by atoms with Crippen molar-refractivity contribution in [3.8, 4) is 0 Å². The smallest absolute Gasteiger partial charge is 0.309 e. The van der Waals surface area contributed by atoms with Crippen LogP contribution in [0.4, 0.5) is 15.2 Å². The number of hydrogen-bond acceptors (Lipinski definition) is 5. The van der Waals surface area contributed by atoms with Gasteiger partial charge < -0.3 is 10.4 Å². The van der Waals surface area contributed by atoms with E-state index in [0.29, 0.717) is 28.9 Å². The summed E-state index contributed by atoms with van der Waals surface area (Å²) in [6.07, 6.45) is 4.49. The normalized spacial score (nSPS) is 11.6. The highest BCUT2D eigenvalue weighted by atomic mass is 32.1. The molecule has 1 atom stereocenters. The number of aryl methyl sites for hydroxylation is 1. The molecular weight excluding hydrogens is 453 g/mol. The van der Waals surface area contributed by atoms with Crippen LogP contribution in [-0.2, 0) is 24.2 Å². The molecule has 2 aromatic carbocycles. The molecule has 0 bridgehead atoms. The number of hydrogen-bond donors (Lipinski definition) is 3. The van der Waals surface area contributed by atoms with Crippen molar-refractivity contribution >= 4 is 34.0 Å². The van der Waals surface area contributed by atoms with Gasteiger partial charge in [0, 0.05) is 23.2 Å². The van der Waals surface area contributed by atoms with Crippen LogP contribution in [0, 0.1) is 11.7 Å². The average Bonchev–Trinajstić information content (AvgIpc) is 3.24. The van der Waals surface area contributed by atoms with Crippen LogP contribution in [0.25, 0.3) is 0 Å². The maximum Gasteiger partial charge on any atom is 0.309 e. The third kappa shape index (κ3) is 7.52. The van der Waals surface area contributed by atoms with Crippen molar-refractivity contribution in [1.29, 1.82) is 0 Å². The molecule has 3 N–H and O–H groups in total. The fraction of sp³-hybridized carbons (Fsp3) is 0.269. The molecule has 1 heterocycles. The Morgan fingerprint density at radius 3 is 2.71 bits per heavy atom. The van der Waals surface area contributed by atoms with Crippen LogP contribution in [0.15, 0.2) is 60.5 Å². The Kier molecular flexibility index (Phi) is 8.93. The number of nitrogens with zero attached hydrogens (tertiary/aromatic N) is 1. The summed E-state index contributed by atoms with van der Waals surface area (Å²) < 4.78 is 13.8. The molecule has 0 spiro atoms. The van der Waals surface area contributed by atoms with Gasteiger partial charge in [-0.05, 0) is 66.6 Å². The number of carbonyl (C=O) groups is 2. The minimum absolute atomic E-state index is 0.183. The number of allylic oxidation sites excluding steroid dienone is 1. The maximum atomic E-state index is 13.8. The minimum Gasteiger partial charge on any atom is -0.481 e. The number of aromatic nitrogens is 1. The summed E-state index contributed by atoms with van der Waals surface area (Å²) in [4.78, 5) is 27.3. The van der Waals surface area contributed by atoms with Crippen molar-refractivity contribution in [2.24, 2.45) is 5.92 Å². The SMILES string of the molecule is C=CC(C)CCCc1cc(F)ccc1NCc1ccc(C(=O)Nc2nc(CC(=O)O)cs2)cc1. The van der Waals surface area contributed by atoms with Crippen LogP contribution in [0.1, 0.15) is 46.9 Å². The van der Waals surface area contributed by atoms with E-state index in [1.165, 1.54) is 17.4 Å². The number of carbonyl (C=O) groups excluding carboxylic acids is 1. The van der Waals surface area contributed by atoms with Crippen molar-refractivity contribution in [3.63, 3.8) is 0 Å². The van der Waals surface area contributed by atoms with Crippen LogP contribution in [0.5, 0.6) is 0 Å². The Bertz CT molecular complexity index is 1140. The molecule has 1 aromatic heterocycles. The summed E-state index contributed by atoms with van der Waals surface area (Å²) in [7, 11) is 0. The summed E-state index contributed by atoms with van der Waals surface area (Å²) in [6, 6.07) is 11.9. The Balaban J connectivity index is 1.56. The third-order valence-electron chi connectivity index (χ3n) is 5.38. The predicted molar refractivity (Wildman–Crippen MR) is 134 cm³/mol. The van der Waals surface area contributed by atoms with Gasteiger partial charge in [-0.1, -0.05) is 25.1 Å². The maximum absolute atomic E-state index is 13.8. The first-order valence-corrected chi connectivity index (χ1v) is 11.9. The van der Waals surface area contributed by atoms with Gasteiger partial charge >= 0.3 is 5.97 Å². The number of amides is 1. The van der Waals surface area contributed by atoms with Gasteiger partial charge in [-0.3, -0.25) is 14.9 Å². The Morgan fingerprint density at radius 2 is 2.00 bits per heavy atom. The number of halogens is 1. The molecule has 0 radical (unpaired) electrons. The molecule has 0 aliphatic carbocycles. The molecule has 3 aromatic rings. The zero-order valence-corrected chi connectivity index (χ0v) is 19.8. The van der Waals surface area contributed by atoms with Gasteiger partial charge in [-0.2, -0.15) is 0 Å². The molecule has 1 unspecified atom stereocenters. The molecule has 0 fully saturated rings. The van der Waals surface area contributed by atoms with E-state index in [1.54, 1.807) is 29.6 Å². The lowest BCUT2D eigenvalue weighted by molar-refractivity contribution is -0.136. The lowest BCUT2D eigenvalue weighted by Gasteiger charge is -2.13.